The average molecular weight is 251 g/mol. The van der Waals surface area contributed by atoms with Gasteiger partial charge in [0.25, 0.3) is 5.91 Å². The molecule has 0 aliphatic heterocycles. The van der Waals surface area contributed by atoms with Crippen molar-refractivity contribution in [2.75, 3.05) is 13.7 Å². The molecule has 0 fully saturated rings. The van der Waals surface area contributed by atoms with E-state index in [9.17, 15) is 9.59 Å². The first-order valence-electron chi connectivity index (χ1n) is 5.64. The Hall–Kier alpha value is -2.04. The molecule has 0 heterocycles. The van der Waals surface area contributed by atoms with E-state index in [0.29, 0.717) is 11.3 Å². The Labute approximate surface area is 106 Å². The van der Waals surface area contributed by atoms with Crippen molar-refractivity contribution >= 4 is 11.9 Å². The van der Waals surface area contributed by atoms with Crippen LogP contribution in [0.2, 0.25) is 0 Å². The zero-order chi connectivity index (χ0) is 13.5. The lowest BCUT2D eigenvalue weighted by atomic mass is 10.2. The molecule has 1 rings (SSSR count). The number of nitrogens with one attached hydrogen (secondary N) is 1. The van der Waals surface area contributed by atoms with Gasteiger partial charge in [0.05, 0.1) is 7.11 Å². The molecule has 0 saturated carbocycles. The lowest BCUT2D eigenvalue weighted by Crippen LogP contribution is -2.34. The normalized spacial score (nSPS) is 10.0. The molecule has 1 aromatic rings. The van der Waals surface area contributed by atoms with E-state index in [1.165, 1.54) is 7.11 Å². The second-order valence-electron chi connectivity index (χ2n) is 4.00. The maximum Gasteiger partial charge on any atom is 0.342 e. The minimum absolute atomic E-state index is 0.0162. The molecule has 0 radical (unpaired) electrons. The number of amides is 1. The molecule has 0 aromatic heterocycles. The van der Waals surface area contributed by atoms with Crippen molar-refractivity contribution in [3.63, 3.8) is 0 Å². The number of methoxy groups -OCH3 is 1. The number of rotatable bonds is 5. The molecule has 1 amide bonds. The van der Waals surface area contributed by atoms with Gasteiger partial charge in [0.15, 0.2) is 6.61 Å². The van der Waals surface area contributed by atoms with Crippen LogP contribution in [0, 0.1) is 0 Å². The van der Waals surface area contributed by atoms with E-state index in [-0.39, 0.29) is 18.6 Å². The summed E-state index contributed by atoms with van der Waals surface area (Å²) in [5.74, 6) is -0.480. The van der Waals surface area contributed by atoms with Gasteiger partial charge in [-0.3, -0.25) is 4.79 Å². The highest BCUT2D eigenvalue weighted by Gasteiger charge is 2.14. The average Bonchev–Trinajstić information content (AvgIpc) is 2.35. The van der Waals surface area contributed by atoms with Gasteiger partial charge in [-0.15, -0.1) is 0 Å². The molecule has 0 spiro atoms. The van der Waals surface area contributed by atoms with Crippen molar-refractivity contribution in [3.8, 4) is 5.75 Å². The Balaban J connectivity index is 2.58. The SMILES string of the molecule is COc1ccccc1C(=O)OCC(=O)NC(C)C. The Morgan fingerprint density at radius 3 is 2.56 bits per heavy atom. The quantitative estimate of drug-likeness (QED) is 0.803. The largest absolute Gasteiger partial charge is 0.496 e. The third-order valence-electron chi connectivity index (χ3n) is 2.11. The van der Waals surface area contributed by atoms with E-state index in [1.807, 2.05) is 13.8 Å². The number of hydrogen-bond donors (Lipinski definition) is 1. The number of carbonyl (C=O) groups excluding carboxylic acids is 2. The van der Waals surface area contributed by atoms with Gasteiger partial charge in [0.1, 0.15) is 11.3 Å². The first-order chi connectivity index (χ1) is 8.54. The summed E-state index contributed by atoms with van der Waals surface area (Å²) in [6.07, 6.45) is 0. The molecule has 1 N–H and O–H groups in total. The number of para-hydroxylation sites is 1. The molecule has 18 heavy (non-hydrogen) atoms. The van der Waals surface area contributed by atoms with Crippen LogP contribution in [0.25, 0.3) is 0 Å². The van der Waals surface area contributed by atoms with Crippen molar-refractivity contribution in [1.82, 2.24) is 5.32 Å². The minimum Gasteiger partial charge on any atom is -0.496 e. The van der Waals surface area contributed by atoms with Crippen LogP contribution in [0.15, 0.2) is 24.3 Å². The Morgan fingerprint density at radius 2 is 1.94 bits per heavy atom. The first kappa shape index (κ1) is 14.0. The summed E-state index contributed by atoms with van der Waals surface area (Å²) in [6, 6.07) is 6.71. The summed E-state index contributed by atoms with van der Waals surface area (Å²) in [5.41, 5.74) is 0.303. The molecule has 1 aromatic carbocycles. The summed E-state index contributed by atoms with van der Waals surface area (Å²) >= 11 is 0. The van der Waals surface area contributed by atoms with Gasteiger partial charge >= 0.3 is 5.97 Å². The maximum absolute atomic E-state index is 11.7. The van der Waals surface area contributed by atoms with E-state index in [0.717, 1.165) is 0 Å². The Bertz CT molecular complexity index is 429. The molecular formula is C13H17NO4. The zero-order valence-electron chi connectivity index (χ0n) is 10.7. The molecule has 0 bridgehead atoms. The summed E-state index contributed by atoms with van der Waals surface area (Å²) in [7, 11) is 1.47. The van der Waals surface area contributed by atoms with E-state index in [4.69, 9.17) is 9.47 Å². The molecule has 0 atom stereocenters. The molecule has 0 aliphatic rings. The fraction of sp³-hybridized carbons (Fsp3) is 0.385. The molecule has 5 heteroatoms. The Kier molecular flexibility index (Phi) is 5.17. The number of benzene rings is 1. The molecule has 0 unspecified atom stereocenters. The monoisotopic (exact) mass is 251 g/mol. The molecule has 5 nitrogen and oxygen atoms in total. The van der Waals surface area contributed by atoms with Gasteiger partial charge < -0.3 is 14.8 Å². The van der Waals surface area contributed by atoms with Crippen LogP contribution < -0.4 is 10.1 Å². The van der Waals surface area contributed by atoms with Crippen LogP contribution in [0.1, 0.15) is 24.2 Å². The third-order valence-corrected chi connectivity index (χ3v) is 2.11. The summed E-state index contributed by atoms with van der Waals surface area (Å²) in [6.45, 7) is 3.37. The van der Waals surface area contributed by atoms with Crippen LogP contribution >= 0.6 is 0 Å². The van der Waals surface area contributed by atoms with Crippen LogP contribution in [0.4, 0.5) is 0 Å². The number of ether oxygens (including phenoxy) is 2. The number of hydrogen-bond acceptors (Lipinski definition) is 4. The van der Waals surface area contributed by atoms with Crippen LogP contribution in [0.3, 0.4) is 0 Å². The van der Waals surface area contributed by atoms with Crippen LogP contribution in [-0.2, 0) is 9.53 Å². The van der Waals surface area contributed by atoms with Gasteiger partial charge in [-0.2, -0.15) is 0 Å². The van der Waals surface area contributed by atoms with Crippen molar-refractivity contribution in [2.24, 2.45) is 0 Å². The molecule has 0 aliphatic carbocycles. The predicted octanol–water partition coefficient (Wildman–Crippen LogP) is 1.38. The number of carbonyl (C=O) groups is 2. The summed E-state index contributed by atoms with van der Waals surface area (Å²) in [5, 5.41) is 2.63. The predicted molar refractivity (Wildman–Crippen MR) is 66.6 cm³/mol. The zero-order valence-corrected chi connectivity index (χ0v) is 10.7. The van der Waals surface area contributed by atoms with Crippen molar-refractivity contribution in [1.29, 1.82) is 0 Å². The lowest BCUT2D eigenvalue weighted by molar-refractivity contribution is -0.124. The highest BCUT2D eigenvalue weighted by atomic mass is 16.5. The topological polar surface area (TPSA) is 64.6 Å². The van der Waals surface area contributed by atoms with E-state index in [2.05, 4.69) is 5.32 Å². The Morgan fingerprint density at radius 1 is 1.28 bits per heavy atom. The lowest BCUT2D eigenvalue weighted by Gasteiger charge is -2.10. The highest BCUT2D eigenvalue weighted by Crippen LogP contribution is 2.17. The van der Waals surface area contributed by atoms with Crippen LogP contribution in [-0.4, -0.2) is 31.6 Å². The smallest absolute Gasteiger partial charge is 0.342 e. The standard InChI is InChI=1S/C13H17NO4/c1-9(2)14-12(15)8-18-13(16)10-6-4-5-7-11(10)17-3/h4-7,9H,8H2,1-3H3,(H,14,15). The second kappa shape index (κ2) is 6.64. The number of esters is 1. The van der Waals surface area contributed by atoms with Crippen molar-refractivity contribution < 1.29 is 19.1 Å². The van der Waals surface area contributed by atoms with Gasteiger partial charge in [-0.25, -0.2) is 4.79 Å². The highest BCUT2D eigenvalue weighted by molar-refractivity contribution is 5.93. The van der Waals surface area contributed by atoms with Gasteiger partial charge in [-0.1, -0.05) is 12.1 Å². The summed E-state index contributed by atoms with van der Waals surface area (Å²) in [4.78, 5) is 23.1. The fourth-order valence-corrected chi connectivity index (χ4v) is 1.39. The van der Waals surface area contributed by atoms with Crippen molar-refractivity contribution in [2.45, 2.75) is 19.9 Å². The minimum atomic E-state index is -0.577. The first-order valence-corrected chi connectivity index (χ1v) is 5.64. The summed E-state index contributed by atoms with van der Waals surface area (Å²) < 4.78 is 9.94. The fourth-order valence-electron chi connectivity index (χ4n) is 1.39. The van der Waals surface area contributed by atoms with Gasteiger partial charge in [0.2, 0.25) is 0 Å². The van der Waals surface area contributed by atoms with Gasteiger partial charge in [-0.05, 0) is 26.0 Å². The van der Waals surface area contributed by atoms with Crippen molar-refractivity contribution in [3.05, 3.63) is 29.8 Å². The maximum atomic E-state index is 11.7. The third kappa shape index (κ3) is 4.08. The second-order valence-corrected chi connectivity index (χ2v) is 4.00. The molecule has 98 valence electrons. The van der Waals surface area contributed by atoms with E-state index >= 15 is 0 Å². The van der Waals surface area contributed by atoms with Crippen LogP contribution in [0.5, 0.6) is 5.75 Å². The van der Waals surface area contributed by atoms with E-state index < -0.39 is 5.97 Å². The van der Waals surface area contributed by atoms with E-state index in [1.54, 1.807) is 24.3 Å². The molecule has 0 saturated heterocycles. The molecular weight excluding hydrogens is 234 g/mol. The van der Waals surface area contributed by atoms with Gasteiger partial charge in [0, 0.05) is 6.04 Å².